The van der Waals surface area contributed by atoms with Gasteiger partial charge in [0, 0.05) is 18.7 Å². The number of benzene rings is 1. The van der Waals surface area contributed by atoms with E-state index in [-0.39, 0.29) is 35.2 Å². The molecule has 0 amide bonds. The van der Waals surface area contributed by atoms with Gasteiger partial charge in [-0.05, 0) is 19.1 Å². The number of nitrogens with zero attached hydrogens (tertiary/aromatic N) is 1. The van der Waals surface area contributed by atoms with Crippen LogP contribution in [0.2, 0.25) is 5.02 Å². The summed E-state index contributed by atoms with van der Waals surface area (Å²) in [5.41, 5.74) is -0.656. The fraction of sp³-hybridized carbons (Fsp3) is 0.188. The van der Waals surface area contributed by atoms with Gasteiger partial charge < -0.3 is 9.30 Å². The van der Waals surface area contributed by atoms with Crippen LogP contribution in [0.4, 0.5) is 8.78 Å². The molecule has 3 nitrogen and oxygen atoms in total. The summed E-state index contributed by atoms with van der Waals surface area (Å²) in [5.74, 6) is -1.58. The molecular formula is C16H14ClF2NO2. The molecule has 6 heteroatoms. The first-order valence-electron chi connectivity index (χ1n) is 6.62. The van der Waals surface area contributed by atoms with Crippen LogP contribution < -0.4 is 10.3 Å². The van der Waals surface area contributed by atoms with Gasteiger partial charge in [0.15, 0.2) is 0 Å². The molecule has 2 aromatic rings. The maximum Gasteiger partial charge on any atom is 0.269 e. The molecule has 0 unspecified atom stereocenters. The van der Waals surface area contributed by atoms with E-state index in [1.54, 1.807) is 6.92 Å². The predicted molar refractivity (Wildman–Crippen MR) is 82.4 cm³/mol. The fourth-order valence-electron chi connectivity index (χ4n) is 2.12. The highest BCUT2D eigenvalue weighted by Crippen LogP contribution is 2.29. The van der Waals surface area contributed by atoms with Crippen LogP contribution >= 0.6 is 11.6 Å². The second-order valence-corrected chi connectivity index (χ2v) is 4.88. The minimum absolute atomic E-state index is 0.00245. The summed E-state index contributed by atoms with van der Waals surface area (Å²) in [6, 6.07) is 4.88. The van der Waals surface area contributed by atoms with Gasteiger partial charge in [-0.15, -0.1) is 0 Å². The summed E-state index contributed by atoms with van der Waals surface area (Å²) in [6.07, 6.45) is 1.47. The molecule has 0 aliphatic rings. The van der Waals surface area contributed by atoms with Crippen molar-refractivity contribution in [2.24, 2.45) is 0 Å². The molecule has 22 heavy (non-hydrogen) atoms. The molecule has 1 aromatic carbocycles. The van der Waals surface area contributed by atoms with Crippen LogP contribution in [-0.4, -0.2) is 11.2 Å². The predicted octanol–water partition coefficient (Wildman–Crippen LogP) is 4.03. The quantitative estimate of drug-likeness (QED) is 0.777. The Morgan fingerprint density at radius 1 is 1.32 bits per heavy atom. The summed E-state index contributed by atoms with van der Waals surface area (Å²) in [5, 5.41) is -0.00245. The van der Waals surface area contributed by atoms with Gasteiger partial charge in [-0.1, -0.05) is 24.3 Å². The van der Waals surface area contributed by atoms with Crippen molar-refractivity contribution >= 4 is 11.6 Å². The molecule has 0 bridgehead atoms. The summed E-state index contributed by atoms with van der Waals surface area (Å²) >= 11 is 5.76. The second kappa shape index (κ2) is 6.75. The van der Waals surface area contributed by atoms with E-state index in [2.05, 4.69) is 6.58 Å². The molecule has 0 aliphatic heterocycles. The lowest BCUT2D eigenvalue weighted by atomic mass is 10.1. The van der Waals surface area contributed by atoms with Gasteiger partial charge in [0.2, 0.25) is 0 Å². The fourth-order valence-corrected chi connectivity index (χ4v) is 2.28. The van der Waals surface area contributed by atoms with Crippen LogP contribution in [0, 0.1) is 11.6 Å². The average Bonchev–Trinajstić information content (AvgIpc) is 2.48. The molecule has 116 valence electrons. The lowest BCUT2D eigenvalue weighted by Gasteiger charge is -2.14. The minimum Gasteiger partial charge on any atom is -0.489 e. The Morgan fingerprint density at radius 3 is 2.50 bits per heavy atom. The monoisotopic (exact) mass is 325 g/mol. The molecule has 0 saturated heterocycles. The van der Waals surface area contributed by atoms with E-state index < -0.39 is 17.2 Å². The van der Waals surface area contributed by atoms with Crippen LogP contribution in [0.15, 0.2) is 41.7 Å². The van der Waals surface area contributed by atoms with E-state index in [4.69, 9.17) is 16.3 Å². The van der Waals surface area contributed by atoms with Crippen molar-refractivity contribution in [3.8, 4) is 17.0 Å². The minimum atomic E-state index is -0.817. The number of pyridine rings is 1. The Morgan fingerprint density at radius 2 is 1.95 bits per heavy atom. The second-order valence-electron chi connectivity index (χ2n) is 4.48. The SMILES string of the molecule is C=CCOc1cc(F)c(-c2ccc(Cl)c(=O)n2CC)c(F)c1. The molecule has 0 atom stereocenters. The van der Waals surface area contributed by atoms with Crippen LogP contribution in [0.3, 0.4) is 0 Å². The zero-order valence-corrected chi connectivity index (χ0v) is 12.7. The van der Waals surface area contributed by atoms with Crippen molar-refractivity contribution in [3.63, 3.8) is 0 Å². The van der Waals surface area contributed by atoms with Gasteiger partial charge in [0.25, 0.3) is 5.56 Å². The lowest BCUT2D eigenvalue weighted by molar-refractivity contribution is 0.358. The topological polar surface area (TPSA) is 31.2 Å². The van der Waals surface area contributed by atoms with Crippen LogP contribution in [0.1, 0.15) is 6.92 Å². The van der Waals surface area contributed by atoms with Gasteiger partial charge in [0.05, 0.1) is 11.3 Å². The number of hydrogen-bond acceptors (Lipinski definition) is 2. The molecule has 2 rings (SSSR count). The average molecular weight is 326 g/mol. The third kappa shape index (κ3) is 3.04. The third-order valence-corrected chi connectivity index (χ3v) is 3.37. The summed E-state index contributed by atoms with van der Waals surface area (Å²) < 4.78 is 34.9. The van der Waals surface area contributed by atoms with Crippen molar-refractivity contribution in [2.75, 3.05) is 6.61 Å². The molecular weight excluding hydrogens is 312 g/mol. The Kier molecular flexibility index (Phi) is 4.98. The normalized spacial score (nSPS) is 10.5. The first-order valence-corrected chi connectivity index (χ1v) is 6.99. The summed E-state index contributed by atoms with van der Waals surface area (Å²) in [6.45, 7) is 5.53. The molecule has 0 N–H and O–H groups in total. The summed E-state index contributed by atoms with van der Waals surface area (Å²) in [7, 11) is 0. The molecule has 1 heterocycles. The van der Waals surface area contributed by atoms with Crippen molar-refractivity contribution < 1.29 is 13.5 Å². The van der Waals surface area contributed by atoms with E-state index in [1.807, 2.05) is 0 Å². The number of rotatable bonds is 5. The van der Waals surface area contributed by atoms with Gasteiger partial charge in [0.1, 0.15) is 29.0 Å². The number of aromatic nitrogens is 1. The third-order valence-electron chi connectivity index (χ3n) is 3.08. The zero-order chi connectivity index (χ0) is 16.3. The van der Waals surface area contributed by atoms with E-state index in [0.717, 1.165) is 12.1 Å². The highest BCUT2D eigenvalue weighted by Gasteiger charge is 2.18. The molecule has 0 saturated carbocycles. The highest BCUT2D eigenvalue weighted by molar-refractivity contribution is 6.30. The van der Waals surface area contributed by atoms with Crippen molar-refractivity contribution in [1.82, 2.24) is 4.57 Å². The van der Waals surface area contributed by atoms with Crippen LogP contribution in [0.25, 0.3) is 11.3 Å². The van der Waals surface area contributed by atoms with Gasteiger partial charge in [-0.2, -0.15) is 0 Å². The maximum absolute atomic E-state index is 14.3. The Hall–Kier alpha value is -2.14. The van der Waals surface area contributed by atoms with Crippen LogP contribution in [-0.2, 0) is 6.54 Å². The van der Waals surface area contributed by atoms with E-state index >= 15 is 0 Å². The number of ether oxygens (including phenoxy) is 1. The van der Waals surface area contributed by atoms with E-state index in [1.165, 1.54) is 22.8 Å². The molecule has 0 spiro atoms. The molecule has 1 aromatic heterocycles. The molecule has 0 radical (unpaired) electrons. The van der Waals surface area contributed by atoms with Crippen molar-refractivity contribution in [2.45, 2.75) is 13.5 Å². The van der Waals surface area contributed by atoms with Gasteiger partial charge in [-0.3, -0.25) is 4.79 Å². The Bertz CT molecular complexity index is 748. The Balaban J connectivity index is 2.61. The summed E-state index contributed by atoms with van der Waals surface area (Å²) in [4.78, 5) is 12.0. The number of halogens is 3. The zero-order valence-electron chi connectivity index (χ0n) is 11.9. The van der Waals surface area contributed by atoms with Crippen molar-refractivity contribution in [1.29, 1.82) is 0 Å². The number of hydrogen-bond donors (Lipinski definition) is 0. The Labute approximate surface area is 131 Å². The smallest absolute Gasteiger partial charge is 0.269 e. The van der Waals surface area contributed by atoms with E-state index in [0.29, 0.717) is 0 Å². The van der Waals surface area contributed by atoms with Gasteiger partial charge >= 0.3 is 0 Å². The van der Waals surface area contributed by atoms with Crippen molar-refractivity contribution in [3.05, 3.63) is 63.9 Å². The first-order chi connectivity index (χ1) is 10.5. The maximum atomic E-state index is 14.3. The first kappa shape index (κ1) is 16.2. The standard InChI is InChI=1S/C16H14ClF2NO2/c1-3-7-22-10-8-12(18)15(13(19)9-10)14-6-5-11(17)16(21)20(14)4-2/h3,5-6,8-9H,1,4,7H2,2H3. The van der Waals surface area contributed by atoms with Crippen LogP contribution in [0.5, 0.6) is 5.75 Å². The molecule has 0 aliphatic carbocycles. The highest BCUT2D eigenvalue weighted by atomic mass is 35.5. The lowest BCUT2D eigenvalue weighted by Crippen LogP contribution is -2.21. The van der Waals surface area contributed by atoms with Gasteiger partial charge in [-0.25, -0.2) is 8.78 Å². The molecule has 0 fully saturated rings. The van der Waals surface area contributed by atoms with E-state index in [9.17, 15) is 13.6 Å². The largest absolute Gasteiger partial charge is 0.489 e.